The Balaban J connectivity index is 1.67. The first-order valence-electron chi connectivity index (χ1n) is 11.4. The molecule has 0 saturated heterocycles. The smallest absolute Gasteiger partial charge is 0.273 e. The molecule has 0 fully saturated rings. The van der Waals surface area contributed by atoms with Gasteiger partial charge in [-0.05, 0) is 48.6 Å². The van der Waals surface area contributed by atoms with E-state index in [1.54, 1.807) is 7.11 Å². The van der Waals surface area contributed by atoms with E-state index in [0.29, 0.717) is 36.4 Å². The number of nitrogens with zero attached hydrogens (tertiary/aromatic N) is 2. The normalized spacial score (nSPS) is 15.4. The molecule has 1 aromatic heterocycles. The number of nitrogens with one attached hydrogen (secondary N) is 1. The molecule has 2 aromatic carbocycles. The Labute approximate surface area is 199 Å². The van der Waals surface area contributed by atoms with E-state index in [4.69, 9.17) is 21.1 Å². The summed E-state index contributed by atoms with van der Waals surface area (Å²) in [6, 6.07) is 15.3. The lowest BCUT2D eigenvalue weighted by molar-refractivity contribution is 0.0723. The van der Waals surface area contributed by atoms with Crippen LogP contribution < -0.4 is 4.74 Å². The van der Waals surface area contributed by atoms with E-state index in [1.165, 1.54) is 0 Å². The minimum absolute atomic E-state index is 0.0453. The summed E-state index contributed by atoms with van der Waals surface area (Å²) in [4.78, 5) is 15.2. The van der Waals surface area contributed by atoms with Crippen molar-refractivity contribution < 1.29 is 14.3 Å². The summed E-state index contributed by atoms with van der Waals surface area (Å²) in [5.74, 6) is 1.39. The van der Waals surface area contributed by atoms with Crippen LogP contribution in [0.25, 0.3) is 11.3 Å². The molecule has 6 nitrogen and oxygen atoms in total. The number of hydrogen-bond donors (Lipinski definition) is 1. The molecule has 0 spiro atoms. The Bertz CT molecular complexity index is 1080. The third kappa shape index (κ3) is 5.07. The van der Waals surface area contributed by atoms with Gasteiger partial charge in [-0.3, -0.25) is 9.89 Å². The van der Waals surface area contributed by atoms with Gasteiger partial charge in [-0.2, -0.15) is 5.10 Å². The maximum atomic E-state index is 13.3. The predicted molar refractivity (Wildman–Crippen MR) is 130 cm³/mol. The van der Waals surface area contributed by atoms with Crippen molar-refractivity contribution in [3.63, 3.8) is 0 Å². The van der Waals surface area contributed by atoms with Gasteiger partial charge in [-0.25, -0.2) is 0 Å². The maximum absolute atomic E-state index is 13.3. The van der Waals surface area contributed by atoms with Crippen LogP contribution in [0.2, 0.25) is 5.02 Å². The summed E-state index contributed by atoms with van der Waals surface area (Å²) in [7, 11) is 1.67. The van der Waals surface area contributed by atoms with Gasteiger partial charge in [0.2, 0.25) is 0 Å². The lowest BCUT2D eigenvalue weighted by Gasteiger charge is -2.26. The van der Waals surface area contributed by atoms with Crippen LogP contribution >= 0.6 is 11.6 Å². The van der Waals surface area contributed by atoms with Crippen molar-refractivity contribution in [2.24, 2.45) is 5.92 Å². The number of H-pyrrole nitrogens is 1. The number of carbonyl (C=O) groups excluding carboxylic acids is 1. The second kappa shape index (κ2) is 10.4. The van der Waals surface area contributed by atoms with E-state index in [9.17, 15) is 4.79 Å². The van der Waals surface area contributed by atoms with E-state index in [2.05, 4.69) is 24.0 Å². The van der Waals surface area contributed by atoms with Crippen LogP contribution in [0.5, 0.6) is 5.75 Å². The molecule has 4 rings (SSSR count). The molecule has 0 aliphatic carbocycles. The molecule has 1 unspecified atom stereocenters. The molecular formula is C26H30ClN3O3. The highest BCUT2D eigenvalue weighted by Gasteiger charge is 2.41. The van der Waals surface area contributed by atoms with Crippen molar-refractivity contribution in [2.75, 3.05) is 26.9 Å². The maximum Gasteiger partial charge on any atom is 0.273 e. The number of hydrogen-bond acceptors (Lipinski definition) is 4. The molecule has 0 saturated carbocycles. The van der Waals surface area contributed by atoms with Crippen LogP contribution in [0.4, 0.5) is 0 Å². The first-order chi connectivity index (χ1) is 16.0. The highest BCUT2D eigenvalue weighted by Crippen LogP contribution is 2.43. The molecule has 0 bridgehead atoms. The van der Waals surface area contributed by atoms with Crippen molar-refractivity contribution >= 4 is 17.5 Å². The molecule has 1 N–H and O–H groups in total. The van der Waals surface area contributed by atoms with Gasteiger partial charge in [-0.15, -0.1) is 0 Å². The predicted octanol–water partition coefficient (Wildman–Crippen LogP) is 5.74. The van der Waals surface area contributed by atoms with Gasteiger partial charge < -0.3 is 14.4 Å². The van der Waals surface area contributed by atoms with Crippen LogP contribution in [-0.2, 0) is 4.74 Å². The van der Waals surface area contributed by atoms with Gasteiger partial charge in [-0.1, -0.05) is 49.7 Å². The van der Waals surface area contributed by atoms with Crippen molar-refractivity contribution in [2.45, 2.75) is 32.7 Å². The van der Waals surface area contributed by atoms with Gasteiger partial charge in [0.1, 0.15) is 11.4 Å². The highest BCUT2D eigenvalue weighted by molar-refractivity contribution is 6.30. The van der Waals surface area contributed by atoms with Gasteiger partial charge in [0.15, 0.2) is 0 Å². The molecule has 174 valence electrons. The average Bonchev–Trinajstić information content (AvgIpc) is 3.34. The lowest BCUT2D eigenvalue weighted by atomic mass is 9.96. The summed E-state index contributed by atoms with van der Waals surface area (Å²) in [5, 5.41) is 8.15. The average molecular weight is 468 g/mol. The first kappa shape index (κ1) is 23.3. The molecule has 7 heteroatoms. The van der Waals surface area contributed by atoms with E-state index in [1.807, 2.05) is 53.4 Å². The van der Waals surface area contributed by atoms with Crippen LogP contribution in [0.1, 0.15) is 54.3 Å². The number of methoxy groups -OCH3 is 1. The fourth-order valence-corrected chi connectivity index (χ4v) is 4.27. The molecule has 1 aliphatic rings. The number of carbonyl (C=O) groups is 1. The van der Waals surface area contributed by atoms with Gasteiger partial charge in [0.25, 0.3) is 5.91 Å². The number of ether oxygens (including phenoxy) is 2. The van der Waals surface area contributed by atoms with E-state index in [0.717, 1.165) is 41.0 Å². The second-order valence-corrected chi connectivity index (χ2v) is 9.15. The molecule has 1 amide bonds. The van der Waals surface area contributed by atoms with Crippen molar-refractivity contribution in [1.82, 2.24) is 15.1 Å². The fourth-order valence-electron chi connectivity index (χ4n) is 4.14. The molecule has 1 aliphatic heterocycles. The van der Waals surface area contributed by atoms with Crippen molar-refractivity contribution in [3.05, 3.63) is 70.4 Å². The Kier molecular flexibility index (Phi) is 7.36. The standard InChI is InChI=1S/C26H30ClN3O3/c1-17(2)13-16-33-21-11-7-19(8-12-21)25-22-23(18-5-9-20(27)10-6-18)28-29-24(22)26(31)30(25)14-4-15-32-3/h5-12,17,25H,4,13-16H2,1-3H3,(H,28,29). The Morgan fingerprint density at radius 2 is 1.82 bits per heavy atom. The number of rotatable bonds is 10. The van der Waals surface area contributed by atoms with E-state index < -0.39 is 0 Å². The van der Waals surface area contributed by atoms with Crippen LogP contribution in [-0.4, -0.2) is 47.9 Å². The summed E-state index contributed by atoms with van der Waals surface area (Å²) in [6.07, 6.45) is 1.76. The number of halogens is 1. The summed E-state index contributed by atoms with van der Waals surface area (Å²) < 4.78 is 11.1. The summed E-state index contributed by atoms with van der Waals surface area (Å²) in [6.45, 7) is 6.24. The minimum atomic E-state index is -0.238. The third-order valence-electron chi connectivity index (χ3n) is 5.89. The van der Waals surface area contributed by atoms with E-state index in [-0.39, 0.29) is 11.9 Å². The van der Waals surface area contributed by atoms with Gasteiger partial charge in [0.05, 0.1) is 18.3 Å². The zero-order valence-corrected chi connectivity index (χ0v) is 20.1. The summed E-state index contributed by atoms with van der Waals surface area (Å²) in [5.41, 5.74) is 4.15. The molecule has 33 heavy (non-hydrogen) atoms. The van der Waals surface area contributed by atoms with Crippen LogP contribution in [0.15, 0.2) is 48.5 Å². The van der Waals surface area contributed by atoms with Gasteiger partial charge in [0, 0.05) is 36.4 Å². The topological polar surface area (TPSA) is 67.5 Å². The monoisotopic (exact) mass is 467 g/mol. The number of aromatic nitrogens is 2. The number of benzene rings is 2. The van der Waals surface area contributed by atoms with E-state index >= 15 is 0 Å². The molecule has 1 atom stereocenters. The number of fused-ring (bicyclic) bond motifs is 1. The van der Waals surface area contributed by atoms with Crippen molar-refractivity contribution in [3.8, 4) is 17.0 Å². The zero-order chi connectivity index (χ0) is 23.4. The SMILES string of the molecule is COCCCN1C(=O)c2[nH]nc(-c3ccc(Cl)cc3)c2C1c1ccc(OCCC(C)C)cc1. The Morgan fingerprint density at radius 1 is 1.09 bits per heavy atom. The largest absolute Gasteiger partial charge is 0.494 e. The third-order valence-corrected chi connectivity index (χ3v) is 6.14. The first-order valence-corrected chi connectivity index (χ1v) is 11.7. The lowest BCUT2D eigenvalue weighted by Crippen LogP contribution is -2.31. The number of aromatic amines is 1. The Hall–Kier alpha value is -2.83. The van der Waals surface area contributed by atoms with Crippen LogP contribution in [0, 0.1) is 5.92 Å². The zero-order valence-electron chi connectivity index (χ0n) is 19.3. The highest BCUT2D eigenvalue weighted by atomic mass is 35.5. The number of amides is 1. The summed E-state index contributed by atoms with van der Waals surface area (Å²) >= 11 is 6.09. The minimum Gasteiger partial charge on any atom is -0.494 e. The van der Waals surface area contributed by atoms with Crippen LogP contribution in [0.3, 0.4) is 0 Å². The molecule has 3 aromatic rings. The second-order valence-electron chi connectivity index (χ2n) is 8.72. The Morgan fingerprint density at radius 3 is 2.48 bits per heavy atom. The molecule has 0 radical (unpaired) electrons. The fraction of sp³-hybridized carbons (Fsp3) is 0.385. The quantitative estimate of drug-likeness (QED) is 0.386. The molecule has 2 heterocycles. The van der Waals surface area contributed by atoms with Gasteiger partial charge >= 0.3 is 0 Å². The molecular weight excluding hydrogens is 438 g/mol. The van der Waals surface area contributed by atoms with Crippen molar-refractivity contribution in [1.29, 1.82) is 0 Å².